The number of hydrogen-bond donors (Lipinski definition) is 1. The Morgan fingerprint density at radius 1 is 0.769 bits per heavy atom. The van der Waals surface area contributed by atoms with Crippen LogP contribution in [0.5, 0.6) is 23.0 Å². The predicted molar refractivity (Wildman–Crippen MR) is 155 cm³/mol. The molecule has 0 unspecified atom stereocenters. The molecule has 1 N–H and O–H groups in total. The van der Waals surface area contributed by atoms with Crippen LogP contribution in [0.2, 0.25) is 0 Å². The number of methoxy groups -OCH3 is 2. The van der Waals surface area contributed by atoms with Crippen molar-refractivity contribution in [3.05, 3.63) is 118 Å². The van der Waals surface area contributed by atoms with E-state index in [4.69, 9.17) is 30.5 Å². The Labute approximate surface area is 235 Å². The molecule has 0 saturated carbocycles. The number of nitrogens with one attached hydrogen (secondary N) is 1. The number of rotatable bonds is 11. The fourth-order valence-electron chi connectivity index (χ4n) is 5.12. The lowest BCUT2D eigenvalue weighted by Gasteiger charge is -2.29. The van der Waals surface area contributed by atoms with Gasteiger partial charge in [0.1, 0.15) is 13.2 Å². The van der Waals surface area contributed by atoms with E-state index in [2.05, 4.69) is 35.6 Å². The van der Waals surface area contributed by atoms with Gasteiger partial charge in [0.2, 0.25) is 0 Å². The Kier molecular flexibility index (Phi) is 8.92. The van der Waals surface area contributed by atoms with Gasteiger partial charge < -0.3 is 24.3 Å². The van der Waals surface area contributed by atoms with E-state index in [1.54, 1.807) is 14.2 Å². The van der Waals surface area contributed by atoms with Crippen LogP contribution in [-0.4, -0.2) is 20.8 Å². The van der Waals surface area contributed by atoms with Crippen LogP contribution in [0.4, 0.5) is 0 Å². The molecule has 5 nitrogen and oxygen atoms in total. The van der Waals surface area contributed by atoms with Crippen molar-refractivity contribution in [2.75, 3.05) is 20.8 Å². The Hall–Kier alpha value is -3.67. The molecule has 1 heterocycles. The maximum Gasteiger partial charge on any atom is 0.165 e. The van der Waals surface area contributed by atoms with Crippen LogP contribution >= 0.6 is 11.6 Å². The molecule has 4 aromatic carbocycles. The molecule has 0 fully saturated rings. The molecule has 0 bridgehead atoms. The number of benzene rings is 4. The van der Waals surface area contributed by atoms with Gasteiger partial charge in [-0.15, -0.1) is 11.6 Å². The maximum atomic E-state index is 6.49. The molecule has 0 spiro atoms. The van der Waals surface area contributed by atoms with E-state index < -0.39 is 0 Å². The number of halogens is 1. The number of ether oxygens (including phenoxy) is 4. The third-order valence-corrected chi connectivity index (χ3v) is 7.41. The van der Waals surface area contributed by atoms with E-state index >= 15 is 0 Å². The zero-order valence-electron chi connectivity index (χ0n) is 22.4. The lowest BCUT2D eigenvalue weighted by atomic mass is 9.88. The highest BCUT2D eigenvalue weighted by molar-refractivity contribution is 6.17. The molecular formula is C33H34ClNO4. The molecule has 6 heteroatoms. The van der Waals surface area contributed by atoms with E-state index in [9.17, 15) is 0 Å². The molecule has 4 aromatic rings. The van der Waals surface area contributed by atoms with Crippen molar-refractivity contribution in [1.29, 1.82) is 0 Å². The van der Waals surface area contributed by atoms with Gasteiger partial charge in [0, 0.05) is 11.6 Å². The van der Waals surface area contributed by atoms with Crippen LogP contribution in [0.3, 0.4) is 0 Å². The molecule has 5 rings (SSSR count). The summed E-state index contributed by atoms with van der Waals surface area (Å²) in [5, 5.41) is 3.70. The van der Waals surface area contributed by atoms with Crippen LogP contribution in [0, 0.1) is 0 Å². The minimum absolute atomic E-state index is 0.0986. The van der Waals surface area contributed by atoms with Gasteiger partial charge in [-0.05, 0) is 65.4 Å². The molecule has 0 aromatic heterocycles. The third-order valence-electron chi connectivity index (χ3n) is 7.14. The lowest BCUT2D eigenvalue weighted by Crippen LogP contribution is -2.31. The van der Waals surface area contributed by atoms with E-state index in [1.807, 2.05) is 54.6 Å². The average molecular weight is 544 g/mol. The molecule has 202 valence electrons. The van der Waals surface area contributed by atoms with E-state index in [-0.39, 0.29) is 6.04 Å². The molecular weight excluding hydrogens is 510 g/mol. The van der Waals surface area contributed by atoms with Gasteiger partial charge in [0.05, 0.1) is 20.1 Å². The zero-order valence-corrected chi connectivity index (χ0v) is 23.2. The molecule has 1 aliphatic heterocycles. The molecule has 1 aliphatic rings. The second kappa shape index (κ2) is 12.9. The smallest absolute Gasteiger partial charge is 0.165 e. The normalized spacial score (nSPS) is 14.4. The monoisotopic (exact) mass is 543 g/mol. The van der Waals surface area contributed by atoms with Crippen LogP contribution in [0.1, 0.15) is 39.4 Å². The standard InChI is InChI=1S/C33H34ClNO4/c1-36-31-18-26-15-16-35-29(27(26)19-32(31)39-22-24-11-7-4-8-12-24)17-25-13-14-30(33(37-2)28(25)20-34)38-21-23-9-5-3-6-10-23/h3-14,18-19,29,35H,15-17,20-22H2,1-2H3/t29-/m0/s1. The minimum atomic E-state index is 0.0986. The summed E-state index contributed by atoms with van der Waals surface area (Å²) < 4.78 is 23.9. The van der Waals surface area contributed by atoms with Crippen LogP contribution < -0.4 is 24.3 Å². The molecule has 0 saturated heterocycles. The summed E-state index contributed by atoms with van der Waals surface area (Å²) in [7, 11) is 3.36. The maximum absolute atomic E-state index is 6.49. The van der Waals surface area contributed by atoms with Crippen molar-refractivity contribution in [2.24, 2.45) is 0 Å². The van der Waals surface area contributed by atoms with Crippen molar-refractivity contribution < 1.29 is 18.9 Å². The summed E-state index contributed by atoms with van der Waals surface area (Å²) in [6.07, 6.45) is 1.69. The van der Waals surface area contributed by atoms with Gasteiger partial charge in [-0.3, -0.25) is 0 Å². The first-order chi connectivity index (χ1) is 19.2. The quantitative estimate of drug-likeness (QED) is 0.206. The molecule has 39 heavy (non-hydrogen) atoms. The van der Waals surface area contributed by atoms with Crippen molar-refractivity contribution in [1.82, 2.24) is 5.32 Å². The van der Waals surface area contributed by atoms with Crippen LogP contribution in [0.25, 0.3) is 0 Å². The zero-order chi connectivity index (χ0) is 27.0. The fraction of sp³-hybridized carbons (Fsp3) is 0.273. The topological polar surface area (TPSA) is 49.0 Å². The van der Waals surface area contributed by atoms with Gasteiger partial charge in [-0.25, -0.2) is 0 Å². The predicted octanol–water partition coefficient (Wildman–Crippen LogP) is 7.03. The van der Waals surface area contributed by atoms with Crippen LogP contribution in [-0.2, 0) is 31.9 Å². The van der Waals surface area contributed by atoms with E-state index in [0.29, 0.717) is 30.6 Å². The summed E-state index contributed by atoms with van der Waals surface area (Å²) in [5.41, 5.74) is 6.77. The Morgan fingerprint density at radius 3 is 2.05 bits per heavy atom. The number of fused-ring (bicyclic) bond motifs is 1. The van der Waals surface area contributed by atoms with E-state index in [1.165, 1.54) is 11.1 Å². The molecule has 0 aliphatic carbocycles. The minimum Gasteiger partial charge on any atom is -0.493 e. The Morgan fingerprint density at radius 2 is 1.44 bits per heavy atom. The number of alkyl halides is 1. The summed E-state index contributed by atoms with van der Waals surface area (Å²) in [4.78, 5) is 0. The Balaban J connectivity index is 1.39. The largest absolute Gasteiger partial charge is 0.493 e. The van der Waals surface area contributed by atoms with Gasteiger partial charge in [0.25, 0.3) is 0 Å². The third kappa shape index (κ3) is 6.32. The highest BCUT2D eigenvalue weighted by Crippen LogP contribution is 2.40. The Bertz CT molecular complexity index is 1380. The van der Waals surface area contributed by atoms with Crippen LogP contribution in [0.15, 0.2) is 84.9 Å². The first-order valence-corrected chi connectivity index (χ1v) is 13.8. The first-order valence-electron chi connectivity index (χ1n) is 13.2. The number of hydrogen-bond acceptors (Lipinski definition) is 5. The van der Waals surface area contributed by atoms with Crippen molar-refractivity contribution in [3.8, 4) is 23.0 Å². The summed E-state index contributed by atoms with van der Waals surface area (Å²) in [6.45, 7) is 1.83. The average Bonchev–Trinajstić information content (AvgIpc) is 2.99. The lowest BCUT2D eigenvalue weighted by molar-refractivity contribution is 0.282. The second-order valence-electron chi connectivity index (χ2n) is 9.58. The highest BCUT2D eigenvalue weighted by Gasteiger charge is 2.25. The summed E-state index contributed by atoms with van der Waals surface area (Å²) in [5.74, 6) is 3.21. The summed E-state index contributed by atoms with van der Waals surface area (Å²) in [6, 6.07) is 28.7. The van der Waals surface area contributed by atoms with Gasteiger partial charge in [-0.1, -0.05) is 66.7 Å². The SMILES string of the molecule is COc1cc2c(cc1OCc1ccccc1)[C@H](Cc1ccc(OCc3ccccc3)c(OC)c1CCl)NCC2. The van der Waals surface area contributed by atoms with Gasteiger partial charge in [-0.2, -0.15) is 0 Å². The molecule has 1 atom stereocenters. The van der Waals surface area contributed by atoms with Crippen molar-refractivity contribution >= 4 is 11.6 Å². The highest BCUT2D eigenvalue weighted by atomic mass is 35.5. The van der Waals surface area contributed by atoms with E-state index in [0.717, 1.165) is 53.1 Å². The second-order valence-corrected chi connectivity index (χ2v) is 9.85. The molecule has 0 amide bonds. The molecule has 0 radical (unpaired) electrons. The summed E-state index contributed by atoms with van der Waals surface area (Å²) >= 11 is 6.49. The van der Waals surface area contributed by atoms with Crippen molar-refractivity contribution in [2.45, 2.75) is 38.0 Å². The fourth-order valence-corrected chi connectivity index (χ4v) is 5.41. The van der Waals surface area contributed by atoms with Gasteiger partial charge in [0.15, 0.2) is 23.0 Å². The first kappa shape index (κ1) is 26.9. The van der Waals surface area contributed by atoms with Crippen molar-refractivity contribution in [3.63, 3.8) is 0 Å². The van der Waals surface area contributed by atoms with Gasteiger partial charge >= 0.3 is 0 Å².